The zero-order chi connectivity index (χ0) is 11.5. The van der Waals surface area contributed by atoms with Gasteiger partial charge in [-0.2, -0.15) is 5.48 Å². The van der Waals surface area contributed by atoms with E-state index in [0.29, 0.717) is 16.8 Å². The molecule has 1 heterocycles. The molecule has 2 rings (SSSR count). The van der Waals surface area contributed by atoms with Crippen LogP contribution in [0.25, 0.3) is 0 Å². The average molecular weight is 290 g/mol. The smallest absolute Gasteiger partial charge is 0.137 e. The summed E-state index contributed by atoms with van der Waals surface area (Å²) in [6.07, 6.45) is 1.77. The summed E-state index contributed by atoms with van der Waals surface area (Å²) in [5.41, 5.74) is 3.67. The van der Waals surface area contributed by atoms with Crippen LogP contribution in [-0.2, 0) is 4.84 Å². The molecule has 0 spiro atoms. The standard InChI is InChI=1S/C11H13BrFNO2/c1-15-14-10-3-2-4-16-11-6-8(12)9(13)5-7(10)11/h5-6,10,14H,2-4H2,1H3. The van der Waals surface area contributed by atoms with Crippen LogP contribution >= 0.6 is 15.9 Å². The van der Waals surface area contributed by atoms with Crippen LogP contribution in [0.15, 0.2) is 16.6 Å². The van der Waals surface area contributed by atoms with E-state index in [1.807, 2.05) is 0 Å². The number of benzene rings is 1. The van der Waals surface area contributed by atoms with Crippen LogP contribution in [0.1, 0.15) is 24.4 Å². The molecule has 0 bridgehead atoms. The zero-order valence-electron chi connectivity index (χ0n) is 8.93. The molecular weight excluding hydrogens is 277 g/mol. The second kappa shape index (κ2) is 5.12. The predicted molar refractivity (Wildman–Crippen MR) is 61.7 cm³/mol. The normalized spacial score (nSPS) is 19.8. The van der Waals surface area contributed by atoms with E-state index in [2.05, 4.69) is 21.4 Å². The second-order valence-corrected chi connectivity index (χ2v) is 4.52. The molecule has 16 heavy (non-hydrogen) atoms. The van der Waals surface area contributed by atoms with Gasteiger partial charge in [0.15, 0.2) is 0 Å². The molecule has 1 N–H and O–H groups in total. The van der Waals surface area contributed by atoms with Gasteiger partial charge in [-0.3, -0.25) is 0 Å². The first-order chi connectivity index (χ1) is 7.72. The summed E-state index contributed by atoms with van der Waals surface area (Å²) in [7, 11) is 1.56. The number of hydrogen-bond donors (Lipinski definition) is 1. The molecule has 0 saturated carbocycles. The minimum Gasteiger partial charge on any atom is -0.493 e. The molecule has 88 valence electrons. The van der Waals surface area contributed by atoms with Crippen molar-refractivity contribution in [1.29, 1.82) is 0 Å². The van der Waals surface area contributed by atoms with E-state index in [1.54, 1.807) is 13.2 Å². The minimum atomic E-state index is -0.285. The topological polar surface area (TPSA) is 30.5 Å². The van der Waals surface area contributed by atoms with Gasteiger partial charge in [-0.1, -0.05) is 0 Å². The van der Waals surface area contributed by atoms with E-state index in [1.165, 1.54) is 6.07 Å². The number of hydroxylamine groups is 1. The molecular formula is C11H13BrFNO2. The average Bonchev–Trinajstić information content (AvgIpc) is 2.44. The Morgan fingerprint density at radius 1 is 1.56 bits per heavy atom. The SMILES string of the molecule is CONC1CCCOc2cc(Br)c(F)cc21. The fraction of sp³-hybridized carbons (Fsp3) is 0.455. The lowest BCUT2D eigenvalue weighted by atomic mass is 10.0. The first kappa shape index (κ1) is 11.8. The van der Waals surface area contributed by atoms with E-state index >= 15 is 0 Å². The van der Waals surface area contributed by atoms with Gasteiger partial charge in [0.05, 0.1) is 24.2 Å². The number of hydrogen-bond acceptors (Lipinski definition) is 3. The first-order valence-corrected chi connectivity index (χ1v) is 5.92. The van der Waals surface area contributed by atoms with Crippen molar-refractivity contribution in [1.82, 2.24) is 5.48 Å². The maximum Gasteiger partial charge on any atom is 0.137 e. The maximum atomic E-state index is 13.5. The Morgan fingerprint density at radius 3 is 3.12 bits per heavy atom. The number of rotatable bonds is 2. The lowest BCUT2D eigenvalue weighted by Gasteiger charge is -2.17. The van der Waals surface area contributed by atoms with Crippen molar-refractivity contribution in [2.75, 3.05) is 13.7 Å². The quantitative estimate of drug-likeness (QED) is 0.849. The largest absolute Gasteiger partial charge is 0.493 e. The summed E-state index contributed by atoms with van der Waals surface area (Å²) in [6, 6.07) is 3.13. The highest BCUT2D eigenvalue weighted by Gasteiger charge is 2.21. The molecule has 1 atom stereocenters. The molecule has 5 heteroatoms. The van der Waals surface area contributed by atoms with E-state index < -0.39 is 0 Å². The summed E-state index contributed by atoms with van der Waals surface area (Å²) in [5, 5.41) is 0. The molecule has 0 fully saturated rings. The molecule has 1 aliphatic rings. The Morgan fingerprint density at radius 2 is 2.38 bits per heavy atom. The van der Waals surface area contributed by atoms with Gasteiger partial charge in [0.25, 0.3) is 0 Å². The summed E-state index contributed by atoms with van der Waals surface area (Å²) in [5.74, 6) is 0.424. The monoisotopic (exact) mass is 289 g/mol. The second-order valence-electron chi connectivity index (χ2n) is 3.67. The van der Waals surface area contributed by atoms with Gasteiger partial charge in [0, 0.05) is 5.56 Å². The van der Waals surface area contributed by atoms with Gasteiger partial charge in [0.1, 0.15) is 11.6 Å². The van der Waals surface area contributed by atoms with Crippen LogP contribution in [0.3, 0.4) is 0 Å². The van der Waals surface area contributed by atoms with Gasteiger partial charge >= 0.3 is 0 Å². The van der Waals surface area contributed by atoms with Crippen molar-refractivity contribution < 1.29 is 14.0 Å². The highest BCUT2D eigenvalue weighted by Crippen LogP contribution is 2.35. The molecule has 0 aliphatic carbocycles. The Balaban J connectivity index is 2.39. The van der Waals surface area contributed by atoms with E-state index in [0.717, 1.165) is 18.4 Å². The molecule has 3 nitrogen and oxygen atoms in total. The van der Waals surface area contributed by atoms with Crippen LogP contribution in [0.2, 0.25) is 0 Å². The van der Waals surface area contributed by atoms with Crippen LogP contribution in [-0.4, -0.2) is 13.7 Å². The van der Waals surface area contributed by atoms with Crippen LogP contribution < -0.4 is 10.2 Å². The number of ether oxygens (including phenoxy) is 1. The Hall–Kier alpha value is -0.650. The zero-order valence-corrected chi connectivity index (χ0v) is 10.5. The molecule has 0 amide bonds. The van der Waals surface area contributed by atoms with Gasteiger partial charge in [0.2, 0.25) is 0 Å². The Labute approximate surface area is 102 Å². The third-order valence-corrected chi connectivity index (χ3v) is 3.19. The third kappa shape index (κ3) is 2.36. The van der Waals surface area contributed by atoms with E-state index in [9.17, 15) is 4.39 Å². The Kier molecular flexibility index (Phi) is 3.78. The van der Waals surface area contributed by atoms with Crippen LogP contribution in [0.4, 0.5) is 4.39 Å². The van der Waals surface area contributed by atoms with Crippen LogP contribution in [0.5, 0.6) is 5.75 Å². The van der Waals surface area contributed by atoms with Crippen molar-refractivity contribution >= 4 is 15.9 Å². The molecule has 1 aliphatic heterocycles. The van der Waals surface area contributed by atoms with Gasteiger partial charge in [-0.05, 0) is 40.9 Å². The summed E-state index contributed by atoms with van der Waals surface area (Å²) < 4.78 is 19.5. The highest BCUT2D eigenvalue weighted by atomic mass is 79.9. The van der Waals surface area contributed by atoms with Crippen molar-refractivity contribution in [3.63, 3.8) is 0 Å². The number of fused-ring (bicyclic) bond motifs is 1. The molecule has 0 saturated heterocycles. The predicted octanol–water partition coefficient (Wildman–Crippen LogP) is 2.95. The third-order valence-electron chi connectivity index (χ3n) is 2.58. The molecule has 1 aromatic rings. The van der Waals surface area contributed by atoms with E-state index in [-0.39, 0.29) is 11.9 Å². The van der Waals surface area contributed by atoms with Gasteiger partial charge < -0.3 is 9.57 Å². The minimum absolute atomic E-state index is 0.0231. The molecule has 1 unspecified atom stereocenters. The Bertz CT molecular complexity index is 386. The fourth-order valence-electron chi connectivity index (χ4n) is 1.83. The molecule has 0 aromatic heterocycles. The molecule has 1 aromatic carbocycles. The summed E-state index contributed by atoms with van der Waals surface area (Å²) in [6.45, 7) is 0.646. The maximum absolute atomic E-state index is 13.5. The van der Waals surface area contributed by atoms with Crippen LogP contribution in [0, 0.1) is 5.82 Å². The number of nitrogens with one attached hydrogen (secondary N) is 1. The van der Waals surface area contributed by atoms with Gasteiger partial charge in [-0.15, -0.1) is 0 Å². The lowest BCUT2D eigenvalue weighted by Crippen LogP contribution is -2.19. The molecule has 0 radical (unpaired) electrons. The summed E-state index contributed by atoms with van der Waals surface area (Å²) >= 11 is 3.15. The fourth-order valence-corrected chi connectivity index (χ4v) is 2.15. The van der Waals surface area contributed by atoms with E-state index in [4.69, 9.17) is 9.57 Å². The van der Waals surface area contributed by atoms with Crippen molar-refractivity contribution in [2.24, 2.45) is 0 Å². The summed E-state index contributed by atoms with van der Waals surface area (Å²) in [4.78, 5) is 4.92. The lowest BCUT2D eigenvalue weighted by molar-refractivity contribution is 0.0579. The van der Waals surface area contributed by atoms with Crippen molar-refractivity contribution in [3.8, 4) is 5.75 Å². The highest BCUT2D eigenvalue weighted by molar-refractivity contribution is 9.10. The van der Waals surface area contributed by atoms with Crippen molar-refractivity contribution in [3.05, 3.63) is 28.0 Å². The first-order valence-electron chi connectivity index (χ1n) is 5.12. The van der Waals surface area contributed by atoms with Gasteiger partial charge in [-0.25, -0.2) is 4.39 Å². The number of halogens is 2. The van der Waals surface area contributed by atoms with Crippen molar-refractivity contribution in [2.45, 2.75) is 18.9 Å².